The summed E-state index contributed by atoms with van der Waals surface area (Å²) in [4.78, 5) is 16.0. The van der Waals surface area contributed by atoms with Crippen molar-refractivity contribution in [3.05, 3.63) is 35.9 Å². The Morgan fingerprint density at radius 2 is 1.87 bits per heavy atom. The van der Waals surface area contributed by atoms with Crippen molar-refractivity contribution in [2.45, 2.75) is 31.8 Å². The van der Waals surface area contributed by atoms with Gasteiger partial charge >= 0.3 is 0 Å². The molecule has 1 heterocycles. The molecule has 4 heteroatoms. The van der Waals surface area contributed by atoms with Crippen molar-refractivity contribution in [3.8, 4) is 0 Å². The first-order chi connectivity index (χ1) is 11.3. The average molecular weight is 318 g/mol. The van der Waals surface area contributed by atoms with Crippen molar-refractivity contribution < 1.29 is 9.53 Å². The first kappa shape index (κ1) is 18.1. The van der Waals surface area contributed by atoms with Crippen LogP contribution < -0.4 is 0 Å². The van der Waals surface area contributed by atoms with Gasteiger partial charge in [0.2, 0.25) is 0 Å². The van der Waals surface area contributed by atoms with E-state index in [0.717, 1.165) is 38.5 Å². The van der Waals surface area contributed by atoms with Crippen molar-refractivity contribution in [1.29, 1.82) is 0 Å². The van der Waals surface area contributed by atoms with Gasteiger partial charge in [-0.05, 0) is 44.8 Å². The maximum atomic E-state index is 11.1. The van der Waals surface area contributed by atoms with Crippen molar-refractivity contribution >= 4 is 6.29 Å². The van der Waals surface area contributed by atoms with E-state index in [4.69, 9.17) is 4.74 Å². The molecule has 1 saturated heterocycles. The third kappa shape index (κ3) is 7.25. The maximum absolute atomic E-state index is 11.1. The molecule has 0 N–H and O–H groups in total. The van der Waals surface area contributed by atoms with E-state index in [1.807, 2.05) is 18.2 Å². The molecule has 23 heavy (non-hydrogen) atoms. The second kappa shape index (κ2) is 10.5. The van der Waals surface area contributed by atoms with Crippen molar-refractivity contribution in [3.63, 3.8) is 0 Å². The van der Waals surface area contributed by atoms with Gasteiger partial charge in [-0.3, -0.25) is 0 Å². The van der Waals surface area contributed by atoms with Gasteiger partial charge in [0.25, 0.3) is 0 Å². The van der Waals surface area contributed by atoms with E-state index in [2.05, 4.69) is 29.0 Å². The maximum Gasteiger partial charge on any atom is 0.148 e. The topological polar surface area (TPSA) is 32.8 Å². The Kier molecular flexibility index (Phi) is 8.29. The Bertz CT molecular complexity index is 430. The number of piperazine rings is 1. The van der Waals surface area contributed by atoms with Crippen LogP contribution >= 0.6 is 0 Å². The summed E-state index contributed by atoms with van der Waals surface area (Å²) in [6, 6.07) is 10.3. The second-order valence-electron chi connectivity index (χ2n) is 6.42. The molecular weight excluding hydrogens is 288 g/mol. The summed E-state index contributed by atoms with van der Waals surface area (Å²) in [6.07, 6.45) is 4.52. The summed E-state index contributed by atoms with van der Waals surface area (Å²) >= 11 is 0. The lowest BCUT2D eigenvalue weighted by Crippen LogP contribution is -2.44. The van der Waals surface area contributed by atoms with Crippen molar-refractivity contribution in [2.24, 2.45) is 0 Å². The predicted molar refractivity (Wildman–Crippen MR) is 93.7 cm³/mol. The van der Waals surface area contributed by atoms with Crippen LogP contribution in [-0.2, 0) is 16.0 Å². The number of rotatable bonds is 10. The number of hydrogen-bond acceptors (Lipinski definition) is 4. The number of hydrogen-bond donors (Lipinski definition) is 0. The highest BCUT2D eigenvalue weighted by atomic mass is 16.5. The lowest BCUT2D eigenvalue weighted by atomic mass is 10.1. The molecule has 0 aliphatic carbocycles. The van der Waals surface area contributed by atoms with Crippen LogP contribution in [0.4, 0.5) is 0 Å². The first-order valence-electron chi connectivity index (χ1n) is 8.79. The Morgan fingerprint density at radius 3 is 2.57 bits per heavy atom. The lowest BCUT2D eigenvalue weighted by molar-refractivity contribution is -0.118. The van der Waals surface area contributed by atoms with Gasteiger partial charge in [0.1, 0.15) is 12.4 Å². The van der Waals surface area contributed by atoms with Gasteiger partial charge in [-0.25, -0.2) is 0 Å². The normalized spacial score (nSPS) is 18.0. The lowest BCUT2D eigenvalue weighted by Gasteiger charge is -2.32. The highest BCUT2D eigenvalue weighted by molar-refractivity contribution is 5.55. The zero-order valence-electron chi connectivity index (χ0n) is 14.3. The fourth-order valence-corrected chi connectivity index (χ4v) is 2.89. The minimum Gasteiger partial charge on any atom is -0.371 e. The molecule has 128 valence electrons. The fourth-order valence-electron chi connectivity index (χ4n) is 2.89. The fraction of sp³-hybridized carbons (Fsp3) is 0.632. The van der Waals surface area contributed by atoms with Crippen LogP contribution in [0.3, 0.4) is 0 Å². The van der Waals surface area contributed by atoms with Crippen molar-refractivity contribution in [2.75, 3.05) is 46.4 Å². The number of carbonyl (C=O) groups excluding carboxylic acids is 1. The Morgan fingerprint density at radius 1 is 1.13 bits per heavy atom. The summed E-state index contributed by atoms with van der Waals surface area (Å²) in [5, 5.41) is 0. The molecule has 1 aromatic rings. The van der Waals surface area contributed by atoms with E-state index in [1.54, 1.807) is 0 Å². The zero-order valence-corrected chi connectivity index (χ0v) is 14.3. The number of unbranched alkanes of at least 4 members (excludes halogenated alkanes) is 1. The van der Waals surface area contributed by atoms with Crippen LogP contribution in [0, 0.1) is 0 Å². The van der Waals surface area contributed by atoms with E-state index in [0.29, 0.717) is 6.61 Å². The number of carbonyl (C=O) groups is 1. The van der Waals surface area contributed by atoms with Gasteiger partial charge < -0.3 is 19.3 Å². The standard InChI is InChI=1S/C19H30N2O2/c1-20-12-14-21(15-13-20)11-5-6-16-23-19(17-22)10-9-18-7-3-2-4-8-18/h2-4,7-8,17,19H,5-6,9-16H2,1H3. The molecule has 1 aliphatic heterocycles. The van der Waals surface area contributed by atoms with Gasteiger partial charge in [0, 0.05) is 32.8 Å². The van der Waals surface area contributed by atoms with Gasteiger partial charge in [0.15, 0.2) is 0 Å². The number of aldehydes is 1. The summed E-state index contributed by atoms with van der Waals surface area (Å²) in [5.41, 5.74) is 1.26. The largest absolute Gasteiger partial charge is 0.371 e. The quantitative estimate of drug-likeness (QED) is 0.489. The Labute approximate surface area is 140 Å². The van der Waals surface area contributed by atoms with Crippen LogP contribution in [0.25, 0.3) is 0 Å². The SMILES string of the molecule is CN1CCN(CCCCOC(C=O)CCc2ccccc2)CC1. The number of likely N-dealkylation sites (N-methyl/N-ethyl adjacent to an activating group) is 1. The summed E-state index contributed by atoms with van der Waals surface area (Å²) in [7, 11) is 2.18. The molecule has 0 radical (unpaired) electrons. The van der Waals surface area contributed by atoms with Crippen LogP contribution in [0.1, 0.15) is 24.8 Å². The number of nitrogens with zero attached hydrogens (tertiary/aromatic N) is 2. The van der Waals surface area contributed by atoms with Gasteiger partial charge in [-0.2, -0.15) is 0 Å². The number of benzene rings is 1. The molecule has 0 spiro atoms. The van der Waals surface area contributed by atoms with Crippen LogP contribution in [0.15, 0.2) is 30.3 Å². The van der Waals surface area contributed by atoms with Gasteiger partial charge in [0.05, 0.1) is 0 Å². The van der Waals surface area contributed by atoms with E-state index < -0.39 is 0 Å². The smallest absolute Gasteiger partial charge is 0.148 e. The highest BCUT2D eigenvalue weighted by Gasteiger charge is 2.13. The molecule has 0 amide bonds. The molecule has 0 saturated carbocycles. The number of ether oxygens (including phenoxy) is 1. The molecule has 0 aromatic heterocycles. The Hall–Kier alpha value is -1.23. The minimum absolute atomic E-state index is 0.265. The molecular formula is C19H30N2O2. The molecule has 1 aromatic carbocycles. The molecule has 1 unspecified atom stereocenters. The van der Waals surface area contributed by atoms with E-state index in [-0.39, 0.29) is 6.10 Å². The zero-order chi connectivity index (χ0) is 16.3. The van der Waals surface area contributed by atoms with E-state index >= 15 is 0 Å². The monoisotopic (exact) mass is 318 g/mol. The third-order valence-corrected chi connectivity index (χ3v) is 4.51. The van der Waals surface area contributed by atoms with Crippen LogP contribution in [-0.4, -0.2) is 68.6 Å². The molecule has 2 rings (SSSR count). The average Bonchev–Trinajstić information content (AvgIpc) is 2.60. The highest BCUT2D eigenvalue weighted by Crippen LogP contribution is 2.07. The van der Waals surface area contributed by atoms with E-state index in [1.165, 1.54) is 31.7 Å². The van der Waals surface area contributed by atoms with Gasteiger partial charge in [-0.1, -0.05) is 30.3 Å². The predicted octanol–water partition coefficient (Wildman–Crippen LogP) is 2.23. The molecule has 1 fully saturated rings. The van der Waals surface area contributed by atoms with Crippen LogP contribution in [0.2, 0.25) is 0 Å². The van der Waals surface area contributed by atoms with Gasteiger partial charge in [-0.15, -0.1) is 0 Å². The molecule has 0 bridgehead atoms. The van der Waals surface area contributed by atoms with E-state index in [9.17, 15) is 4.79 Å². The number of aryl methyl sites for hydroxylation is 1. The van der Waals surface area contributed by atoms with Crippen LogP contribution in [0.5, 0.6) is 0 Å². The second-order valence-corrected chi connectivity index (χ2v) is 6.42. The minimum atomic E-state index is -0.265. The first-order valence-corrected chi connectivity index (χ1v) is 8.79. The summed E-state index contributed by atoms with van der Waals surface area (Å²) in [6.45, 7) is 6.52. The van der Waals surface area contributed by atoms with Crippen molar-refractivity contribution in [1.82, 2.24) is 9.80 Å². The molecule has 1 aliphatic rings. The summed E-state index contributed by atoms with van der Waals surface area (Å²) < 4.78 is 5.72. The molecule has 4 nitrogen and oxygen atoms in total. The third-order valence-electron chi connectivity index (χ3n) is 4.51. The molecule has 1 atom stereocenters. The Balaban J connectivity index is 1.52. The summed E-state index contributed by atoms with van der Waals surface area (Å²) in [5.74, 6) is 0.